The summed E-state index contributed by atoms with van der Waals surface area (Å²) in [6.07, 6.45) is 22.4. The highest BCUT2D eigenvalue weighted by molar-refractivity contribution is 7.16. The van der Waals surface area contributed by atoms with Gasteiger partial charge in [-0.05, 0) is 117 Å². The molecule has 0 bridgehead atoms. The molecular weight excluding hydrogens is 823 g/mol. The van der Waals surface area contributed by atoms with Gasteiger partial charge in [0.15, 0.2) is 11.6 Å². The normalized spacial score (nSPS) is 11.8. The summed E-state index contributed by atoms with van der Waals surface area (Å²) < 4.78 is 38.6. The number of aryl methyl sites for hydroxylation is 2. The van der Waals surface area contributed by atoms with E-state index in [0.29, 0.717) is 27.3 Å². The van der Waals surface area contributed by atoms with Gasteiger partial charge >= 0.3 is 0 Å². The summed E-state index contributed by atoms with van der Waals surface area (Å²) >= 11 is 2.85. The lowest BCUT2D eigenvalue weighted by Gasteiger charge is -2.26. The van der Waals surface area contributed by atoms with Crippen LogP contribution in [0, 0.1) is 18.6 Å². The van der Waals surface area contributed by atoms with Crippen LogP contribution in [0.25, 0.3) is 50.1 Å². The third-order valence-corrected chi connectivity index (χ3v) is 13.4. The zero-order valence-corrected chi connectivity index (χ0v) is 38.8. The molecule has 0 saturated carbocycles. The monoisotopic (exact) mass is 882 g/mol. The maximum atomic E-state index is 16.3. The lowest BCUT2D eigenvalue weighted by atomic mass is 10.0. The Morgan fingerprint density at radius 2 is 1.08 bits per heavy atom. The van der Waals surface area contributed by atoms with E-state index < -0.39 is 11.6 Å². The van der Waals surface area contributed by atoms with Crippen molar-refractivity contribution in [1.29, 1.82) is 0 Å². The van der Waals surface area contributed by atoms with Crippen molar-refractivity contribution in [2.45, 2.75) is 111 Å². The van der Waals surface area contributed by atoms with Gasteiger partial charge in [0, 0.05) is 36.6 Å². The van der Waals surface area contributed by atoms with E-state index in [-0.39, 0.29) is 11.1 Å². The molecule has 0 aliphatic rings. The second-order valence-corrected chi connectivity index (χ2v) is 18.6. The van der Waals surface area contributed by atoms with E-state index in [2.05, 4.69) is 104 Å². The molecule has 0 N–H and O–H groups in total. The van der Waals surface area contributed by atoms with Crippen LogP contribution in [-0.4, -0.2) is 21.6 Å². The number of hydrogen-bond acceptors (Lipinski definition) is 6. The fraction of sp³-hybridized carbons (Fsp3) is 0.333. The summed E-state index contributed by atoms with van der Waals surface area (Å²) in [5.41, 5.74) is 6.43. The van der Waals surface area contributed by atoms with Crippen molar-refractivity contribution >= 4 is 69.0 Å². The molecule has 0 spiro atoms. The molecule has 3 aromatic heterocycles. The number of aromatic nitrogens is 3. The summed E-state index contributed by atoms with van der Waals surface area (Å²) in [6.45, 7) is 9.78. The number of unbranched alkanes of at least 4 members (excludes halogenated alkanes) is 10. The van der Waals surface area contributed by atoms with Gasteiger partial charge < -0.3 is 9.64 Å². The minimum absolute atomic E-state index is 0.166. The predicted octanol–water partition coefficient (Wildman–Crippen LogP) is 17.2. The summed E-state index contributed by atoms with van der Waals surface area (Å²) in [6, 6.07) is 33.0. The van der Waals surface area contributed by atoms with Crippen LogP contribution < -0.4 is 9.64 Å². The highest BCUT2D eigenvalue weighted by atomic mass is 32.1. The first kappa shape index (κ1) is 45.6. The molecule has 0 aliphatic heterocycles. The Balaban J connectivity index is 1.10. The maximum absolute atomic E-state index is 16.3. The van der Waals surface area contributed by atoms with E-state index in [1.807, 2.05) is 50.3 Å². The van der Waals surface area contributed by atoms with Crippen molar-refractivity contribution in [1.82, 2.24) is 15.0 Å². The largest absolute Gasteiger partial charge is 0.494 e. The van der Waals surface area contributed by atoms with Gasteiger partial charge in [-0.3, -0.25) is 0 Å². The first-order chi connectivity index (χ1) is 30.9. The van der Waals surface area contributed by atoms with Crippen LogP contribution in [-0.2, 0) is 6.54 Å². The summed E-state index contributed by atoms with van der Waals surface area (Å²) in [5, 5.41) is 9.59. The summed E-state index contributed by atoms with van der Waals surface area (Å²) in [5.74, 6) is -0.892. The van der Waals surface area contributed by atoms with Crippen LogP contribution in [0.1, 0.15) is 119 Å². The molecule has 0 saturated heterocycles. The number of ether oxygens (including phenoxy) is 1. The lowest BCUT2D eigenvalue weighted by Crippen LogP contribution is -2.10. The first-order valence-corrected chi connectivity index (χ1v) is 24.5. The van der Waals surface area contributed by atoms with Crippen LogP contribution in [0.4, 0.5) is 25.8 Å². The fourth-order valence-electron chi connectivity index (χ4n) is 7.89. The smallest absolute Gasteiger partial charge is 0.170 e. The summed E-state index contributed by atoms with van der Waals surface area (Å²) in [7, 11) is 0. The zero-order valence-electron chi connectivity index (χ0n) is 37.2. The summed E-state index contributed by atoms with van der Waals surface area (Å²) in [4.78, 5) is 7.09. The Kier molecular flexibility index (Phi) is 16.5. The average molecular weight is 883 g/mol. The van der Waals surface area contributed by atoms with E-state index in [9.17, 15) is 0 Å². The van der Waals surface area contributed by atoms with Crippen molar-refractivity contribution < 1.29 is 13.5 Å². The number of fused-ring (bicyclic) bond motifs is 1. The zero-order chi connectivity index (χ0) is 44.0. The van der Waals surface area contributed by atoms with Crippen molar-refractivity contribution in [3.63, 3.8) is 0 Å². The number of halogens is 2. The molecule has 0 unspecified atom stereocenters. The number of rotatable bonds is 23. The maximum Gasteiger partial charge on any atom is 0.170 e. The third-order valence-electron chi connectivity index (χ3n) is 11.3. The van der Waals surface area contributed by atoms with E-state index >= 15 is 8.78 Å². The van der Waals surface area contributed by atoms with Crippen LogP contribution in [0.15, 0.2) is 103 Å². The molecule has 0 fully saturated rings. The average Bonchev–Trinajstić information content (AvgIpc) is 4.06. The molecule has 0 atom stereocenters. The molecule has 7 aromatic rings. The molecule has 0 radical (unpaired) electrons. The van der Waals surface area contributed by atoms with E-state index in [0.717, 1.165) is 76.0 Å². The van der Waals surface area contributed by atoms with Crippen molar-refractivity contribution in [3.8, 4) is 26.6 Å². The molecule has 63 heavy (non-hydrogen) atoms. The fourth-order valence-corrected chi connectivity index (χ4v) is 9.75. The van der Waals surface area contributed by atoms with E-state index in [4.69, 9.17) is 14.9 Å². The minimum atomic E-state index is -0.889. The molecule has 5 nitrogen and oxygen atoms in total. The van der Waals surface area contributed by atoms with Crippen molar-refractivity contribution in [2.75, 3.05) is 11.5 Å². The number of thiophene rings is 2. The molecule has 0 amide bonds. The van der Waals surface area contributed by atoms with E-state index in [1.54, 1.807) is 4.80 Å². The molecule has 7 rings (SSSR count). The van der Waals surface area contributed by atoms with Gasteiger partial charge in [-0.25, -0.2) is 8.78 Å². The Morgan fingerprint density at radius 1 is 0.571 bits per heavy atom. The lowest BCUT2D eigenvalue weighted by molar-refractivity contribution is 0.304. The highest BCUT2D eigenvalue weighted by Crippen LogP contribution is 2.43. The van der Waals surface area contributed by atoms with E-state index in [1.165, 1.54) is 74.0 Å². The molecule has 9 heteroatoms. The molecule has 3 heterocycles. The van der Waals surface area contributed by atoms with Gasteiger partial charge in [-0.15, -0.1) is 22.7 Å². The Bertz CT molecular complexity index is 2570. The van der Waals surface area contributed by atoms with Crippen LogP contribution >= 0.6 is 22.7 Å². The van der Waals surface area contributed by atoms with Crippen LogP contribution in [0.3, 0.4) is 0 Å². The van der Waals surface area contributed by atoms with Gasteiger partial charge in [0.2, 0.25) is 0 Å². The minimum Gasteiger partial charge on any atom is -0.494 e. The van der Waals surface area contributed by atoms with Gasteiger partial charge in [-0.2, -0.15) is 15.0 Å². The standard InChI is InChI=1S/C54H60F2N4OS2/c1-5-8-10-12-14-16-37-59-57-53-49(47-35-19-39(4)62-47)51(55)52(56)50(54(53)58-59)48-36-34-46(63-48)33-24-41-22-27-43(28-23-41)60(42-25-20-40(18-7-3)21-26-42)44-29-31-45(32-30-44)61-38-17-15-13-11-9-6-2/h7,18-36H,5-6,8-17,37-38H2,1-4H3/b18-7+,33-24+. The quantitative estimate of drug-likeness (QED) is 0.0601. The van der Waals surface area contributed by atoms with Gasteiger partial charge in [0.25, 0.3) is 0 Å². The Labute approximate surface area is 380 Å². The topological polar surface area (TPSA) is 43.2 Å². The molecular formula is C54H60F2N4OS2. The number of anilines is 3. The second kappa shape index (κ2) is 22.8. The third kappa shape index (κ3) is 11.8. The van der Waals surface area contributed by atoms with Crippen LogP contribution in [0.2, 0.25) is 0 Å². The Hall–Kier alpha value is -5.38. The Morgan fingerprint density at radius 3 is 1.63 bits per heavy atom. The van der Waals surface area contributed by atoms with Gasteiger partial charge in [-0.1, -0.05) is 121 Å². The molecule has 4 aromatic carbocycles. The first-order valence-electron chi connectivity index (χ1n) is 22.8. The number of allylic oxidation sites excluding steroid dienone is 1. The van der Waals surface area contributed by atoms with Crippen molar-refractivity contribution in [3.05, 3.63) is 136 Å². The van der Waals surface area contributed by atoms with Crippen LogP contribution in [0.5, 0.6) is 5.75 Å². The molecule has 328 valence electrons. The molecule has 0 aliphatic carbocycles. The van der Waals surface area contributed by atoms with Gasteiger partial charge in [0.05, 0.1) is 24.3 Å². The number of hydrogen-bond donors (Lipinski definition) is 0. The van der Waals surface area contributed by atoms with Gasteiger partial charge in [0.1, 0.15) is 16.8 Å². The number of benzene rings is 4. The highest BCUT2D eigenvalue weighted by Gasteiger charge is 2.27. The predicted molar refractivity (Wildman–Crippen MR) is 266 cm³/mol. The SMILES string of the molecule is C/C=C/c1ccc(N(c2ccc(/C=C/c3ccc(-c4c(F)c(F)c(-c5ccc(C)s5)c5nn(CCCCCCCC)nc45)s3)cc2)c2ccc(OCCCCCCCC)cc2)cc1. The van der Waals surface area contributed by atoms with Crippen molar-refractivity contribution in [2.24, 2.45) is 0 Å². The number of nitrogens with zero attached hydrogens (tertiary/aromatic N) is 4. The second-order valence-electron chi connectivity index (χ2n) is 16.2.